The zero-order valence-corrected chi connectivity index (χ0v) is 23.8. The number of halogens is 2. The maximum atomic E-state index is 2.56. The van der Waals surface area contributed by atoms with Crippen LogP contribution in [0.25, 0.3) is 12.2 Å². The molecule has 2 aliphatic carbocycles. The topological polar surface area (TPSA) is 0 Å². The maximum absolute atomic E-state index is 2.56. The quantitative estimate of drug-likeness (QED) is 0.235. The van der Waals surface area contributed by atoms with Crippen LogP contribution < -0.4 is 10.4 Å². The van der Waals surface area contributed by atoms with Crippen LogP contribution in [0.15, 0.2) is 121 Å². The van der Waals surface area contributed by atoms with Gasteiger partial charge in [-0.2, -0.15) is 0 Å². The molecule has 0 saturated carbocycles. The molecule has 6 rings (SSSR count). The summed E-state index contributed by atoms with van der Waals surface area (Å²) >= 11 is -2.26. The van der Waals surface area contributed by atoms with Crippen LogP contribution in [0.4, 0.5) is 0 Å². The minimum atomic E-state index is -2.26. The van der Waals surface area contributed by atoms with Crippen molar-refractivity contribution in [2.75, 3.05) is 0 Å². The summed E-state index contributed by atoms with van der Waals surface area (Å²) in [6.07, 6.45) is 9.90. The van der Waals surface area contributed by atoms with Gasteiger partial charge in [-0.25, -0.2) is 0 Å². The Balaban J connectivity index is 0.00000137. The molecule has 0 N–H and O–H groups in total. The second-order valence-corrected chi connectivity index (χ2v) is 22.8. The fraction of sp³-hybridized carbons (Fsp3) is 0.0667. The van der Waals surface area contributed by atoms with Gasteiger partial charge in [0.15, 0.2) is 0 Å². The van der Waals surface area contributed by atoms with Crippen molar-refractivity contribution < 1.29 is 20.4 Å². The molecule has 0 saturated heterocycles. The molecule has 0 aromatic heterocycles. The molecule has 168 valence electrons. The van der Waals surface area contributed by atoms with Gasteiger partial charge in [-0.3, -0.25) is 0 Å². The average molecular weight is 577 g/mol. The SMILES string of the molecule is C1=C[CH]([Zr]([CH]2C=Cc3ccccc32)=[Si](c2ccccc2)c2ccccc2)c2ccccc21.Cl.Cl. The summed E-state index contributed by atoms with van der Waals surface area (Å²) in [4.78, 5) is 0. The molecule has 0 radical (unpaired) electrons. The molecule has 0 aliphatic heterocycles. The van der Waals surface area contributed by atoms with Gasteiger partial charge < -0.3 is 0 Å². The molecular weight excluding hydrogens is 551 g/mol. The Morgan fingerprint density at radius 3 is 1.29 bits per heavy atom. The van der Waals surface area contributed by atoms with Crippen molar-refractivity contribution in [2.24, 2.45) is 0 Å². The summed E-state index contributed by atoms with van der Waals surface area (Å²) in [6.45, 7) is 0. The molecule has 4 aromatic carbocycles. The third kappa shape index (κ3) is 4.62. The van der Waals surface area contributed by atoms with E-state index in [1.165, 1.54) is 11.1 Å². The van der Waals surface area contributed by atoms with Crippen molar-refractivity contribution in [3.05, 3.63) is 144 Å². The summed E-state index contributed by atoms with van der Waals surface area (Å²) < 4.78 is 1.20. The number of hydrogen-bond donors (Lipinski definition) is 0. The molecule has 0 nitrogen and oxygen atoms in total. The maximum Gasteiger partial charge on any atom is -0.147 e. The number of hydrogen-bond acceptors (Lipinski definition) is 0. The Hall–Kier alpha value is -1.96. The van der Waals surface area contributed by atoms with Crippen LogP contribution in [0.5, 0.6) is 0 Å². The Morgan fingerprint density at radius 2 is 0.853 bits per heavy atom. The molecule has 2 atom stereocenters. The van der Waals surface area contributed by atoms with E-state index in [0.717, 1.165) is 0 Å². The number of rotatable bonds is 4. The Bertz CT molecular complexity index is 1270. The zero-order valence-electron chi connectivity index (χ0n) is 18.7. The van der Waals surface area contributed by atoms with Gasteiger partial charge in [0.2, 0.25) is 0 Å². The first-order chi connectivity index (χ1) is 15.9. The first-order valence-corrected chi connectivity index (χ1v) is 19.3. The normalized spacial score (nSPS) is 16.7. The summed E-state index contributed by atoms with van der Waals surface area (Å²) in [6, 6.07) is 41.1. The van der Waals surface area contributed by atoms with Crippen LogP contribution in [0.2, 0.25) is 0 Å². The van der Waals surface area contributed by atoms with Gasteiger partial charge in [0.1, 0.15) is 0 Å². The Labute approximate surface area is 222 Å². The molecular formula is C30H26Cl2SiZr. The fourth-order valence-electron chi connectivity index (χ4n) is 5.26. The summed E-state index contributed by atoms with van der Waals surface area (Å²) in [5, 5.41) is 3.15. The van der Waals surface area contributed by atoms with E-state index in [4.69, 9.17) is 0 Å². The monoisotopic (exact) mass is 574 g/mol. The van der Waals surface area contributed by atoms with E-state index in [2.05, 4.69) is 133 Å². The van der Waals surface area contributed by atoms with Gasteiger partial charge in [-0.1, -0.05) is 0 Å². The predicted octanol–water partition coefficient (Wildman–Crippen LogP) is 6.79. The van der Waals surface area contributed by atoms with E-state index >= 15 is 0 Å². The molecule has 0 fully saturated rings. The molecule has 4 heteroatoms. The van der Waals surface area contributed by atoms with Crippen molar-refractivity contribution in [3.8, 4) is 0 Å². The van der Waals surface area contributed by atoms with Crippen LogP contribution in [-0.4, -0.2) is 5.43 Å². The van der Waals surface area contributed by atoms with Crippen LogP contribution in [-0.2, 0) is 20.4 Å². The predicted molar refractivity (Wildman–Crippen MR) is 149 cm³/mol. The smallest absolute Gasteiger partial charge is 0.147 e. The van der Waals surface area contributed by atoms with E-state index in [1.807, 2.05) is 0 Å². The molecule has 0 heterocycles. The van der Waals surface area contributed by atoms with Gasteiger partial charge in [-0.05, 0) is 0 Å². The van der Waals surface area contributed by atoms with E-state index in [1.54, 1.807) is 21.5 Å². The summed E-state index contributed by atoms with van der Waals surface area (Å²) in [5.41, 5.74) is 5.08. The van der Waals surface area contributed by atoms with Gasteiger partial charge in [-0.15, -0.1) is 24.8 Å². The standard InChI is InChI=1S/C12H10Si.2C9H7.2ClH.Zr/c1-3-7-11(8-4-1)13-12-9-5-2-6-10-12;2*1-2-5-9-7-3-6-8(9)4-1;;;/h1-10H;2*1-7H;2*1H;. The molecule has 4 aromatic rings. The van der Waals surface area contributed by atoms with Crippen molar-refractivity contribution >= 4 is 52.8 Å². The van der Waals surface area contributed by atoms with Gasteiger partial charge in [0.25, 0.3) is 0 Å². The Morgan fingerprint density at radius 1 is 0.471 bits per heavy atom. The van der Waals surface area contributed by atoms with Crippen molar-refractivity contribution in [1.82, 2.24) is 0 Å². The minimum absolute atomic E-state index is 0. The summed E-state index contributed by atoms with van der Waals surface area (Å²) in [5.74, 6) is 0. The van der Waals surface area contributed by atoms with E-state index < -0.39 is 25.8 Å². The first kappa shape index (κ1) is 25.1. The molecule has 2 aliphatic rings. The van der Waals surface area contributed by atoms with Gasteiger partial charge in [0, 0.05) is 0 Å². The first-order valence-electron chi connectivity index (χ1n) is 11.3. The second-order valence-electron chi connectivity index (χ2n) is 8.49. The molecule has 2 unspecified atom stereocenters. The zero-order chi connectivity index (χ0) is 21.3. The summed E-state index contributed by atoms with van der Waals surface area (Å²) in [7, 11) is 0. The van der Waals surface area contributed by atoms with Gasteiger partial charge >= 0.3 is 199 Å². The largest absolute Gasteiger partial charge is 0.147 e. The van der Waals surface area contributed by atoms with Crippen LogP contribution >= 0.6 is 24.8 Å². The van der Waals surface area contributed by atoms with Crippen molar-refractivity contribution in [2.45, 2.75) is 7.25 Å². The van der Waals surface area contributed by atoms with Crippen LogP contribution in [0, 0.1) is 0 Å². The fourth-order valence-corrected chi connectivity index (χ4v) is 28.3. The van der Waals surface area contributed by atoms with E-state index in [0.29, 0.717) is 7.25 Å². The molecule has 0 bridgehead atoms. The third-order valence-corrected chi connectivity index (χ3v) is 27.0. The molecule has 0 spiro atoms. The van der Waals surface area contributed by atoms with Crippen LogP contribution in [0.3, 0.4) is 0 Å². The third-order valence-electron chi connectivity index (χ3n) is 6.68. The number of fused-ring (bicyclic) bond motifs is 2. The van der Waals surface area contributed by atoms with Crippen molar-refractivity contribution in [3.63, 3.8) is 0 Å². The number of allylic oxidation sites excluding steroid dienone is 2. The van der Waals surface area contributed by atoms with Gasteiger partial charge in [0.05, 0.1) is 0 Å². The van der Waals surface area contributed by atoms with E-state index in [9.17, 15) is 0 Å². The van der Waals surface area contributed by atoms with Crippen molar-refractivity contribution in [1.29, 1.82) is 0 Å². The number of benzene rings is 4. The minimum Gasteiger partial charge on any atom is -0.147 e. The average Bonchev–Trinajstić information content (AvgIpc) is 3.48. The van der Waals surface area contributed by atoms with E-state index in [-0.39, 0.29) is 24.8 Å². The molecule has 0 amide bonds. The second kappa shape index (κ2) is 11.2. The Kier molecular flexibility index (Phi) is 8.27. The molecule has 34 heavy (non-hydrogen) atoms. The van der Waals surface area contributed by atoms with Crippen LogP contribution in [0.1, 0.15) is 29.5 Å².